The lowest BCUT2D eigenvalue weighted by Gasteiger charge is -2.35. The summed E-state index contributed by atoms with van der Waals surface area (Å²) in [5.41, 5.74) is 1.18. The molecule has 2 unspecified atom stereocenters. The molecule has 0 bridgehead atoms. The molecule has 2 rings (SSSR count). The Morgan fingerprint density at radius 3 is 3.06 bits per heavy atom. The van der Waals surface area contributed by atoms with Crippen molar-refractivity contribution in [2.75, 3.05) is 19.7 Å². The van der Waals surface area contributed by atoms with Crippen molar-refractivity contribution >= 4 is 21.9 Å². The molecule has 0 aliphatic carbocycles. The number of halogens is 1. The SMILES string of the molecule is CC(c1cccc(Br)c1)N1CCOC(C(=O)O)C1. The van der Waals surface area contributed by atoms with Gasteiger partial charge in [-0.3, -0.25) is 4.90 Å². The molecule has 0 saturated carbocycles. The van der Waals surface area contributed by atoms with Crippen molar-refractivity contribution < 1.29 is 14.6 Å². The molecule has 0 amide bonds. The van der Waals surface area contributed by atoms with Gasteiger partial charge in [-0.1, -0.05) is 28.1 Å². The molecular formula is C13H16BrNO3. The summed E-state index contributed by atoms with van der Waals surface area (Å²) in [6, 6.07) is 8.28. The summed E-state index contributed by atoms with van der Waals surface area (Å²) in [7, 11) is 0. The first-order valence-corrected chi connectivity index (χ1v) is 6.71. The Labute approximate surface area is 115 Å². The van der Waals surface area contributed by atoms with E-state index in [4.69, 9.17) is 9.84 Å². The first-order valence-electron chi connectivity index (χ1n) is 5.92. The van der Waals surface area contributed by atoms with Gasteiger partial charge < -0.3 is 9.84 Å². The molecular weight excluding hydrogens is 298 g/mol. The second-order valence-electron chi connectivity index (χ2n) is 4.42. The summed E-state index contributed by atoms with van der Waals surface area (Å²) in [6.07, 6.45) is -0.714. The van der Waals surface area contributed by atoms with Gasteiger partial charge in [-0.15, -0.1) is 0 Å². The number of carboxylic acid groups (broad SMARTS) is 1. The number of carboxylic acids is 1. The van der Waals surface area contributed by atoms with Crippen molar-refractivity contribution in [2.45, 2.75) is 19.1 Å². The minimum Gasteiger partial charge on any atom is -0.479 e. The zero-order chi connectivity index (χ0) is 13.1. The van der Waals surface area contributed by atoms with Gasteiger partial charge in [0.2, 0.25) is 0 Å². The van der Waals surface area contributed by atoms with E-state index < -0.39 is 12.1 Å². The first-order chi connectivity index (χ1) is 8.58. The monoisotopic (exact) mass is 313 g/mol. The van der Waals surface area contributed by atoms with E-state index in [0.717, 1.165) is 11.0 Å². The Hall–Kier alpha value is -0.910. The molecule has 1 saturated heterocycles. The first kappa shape index (κ1) is 13.5. The van der Waals surface area contributed by atoms with Crippen LogP contribution >= 0.6 is 15.9 Å². The van der Waals surface area contributed by atoms with E-state index in [1.54, 1.807) is 0 Å². The fourth-order valence-electron chi connectivity index (χ4n) is 2.15. The highest BCUT2D eigenvalue weighted by Gasteiger charge is 2.29. The van der Waals surface area contributed by atoms with E-state index in [0.29, 0.717) is 13.2 Å². The summed E-state index contributed by atoms with van der Waals surface area (Å²) < 4.78 is 6.27. The highest BCUT2D eigenvalue weighted by Crippen LogP contribution is 2.24. The highest BCUT2D eigenvalue weighted by atomic mass is 79.9. The van der Waals surface area contributed by atoms with Gasteiger partial charge in [0.1, 0.15) is 0 Å². The van der Waals surface area contributed by atoms with Gasteiger partial charge in [-0.05, 0) is 24.6 Å². The third kappa shape index (κ3) is 3.10. The Balaban J connectivity index is 2.09. The standard InChI is InChI=1S/C13H16BrNO3/c1-9(10-3-2-4-11(14)7-10)15-5-6-18-12(8-15)13(16)17/h2-4,7,9,12H,5-6,8H2,1H3,(H,16,17). The van der Waals surface area contributed by atoms with E-state index in [1.807, 2.05) is 12.1 Å². The minimum absolute atomic E-state index is 0.188. The average molecular weight is 314 g/mol. The van der Waals surface area contributed by atoms with Crippen LogP contribution < -0.4 is 0 Å². The van der Waals surface area contributed by atoms with Crippen LogP contribution in [0, 0.1) is 0 Å². The van der Waals surface area contributed by atoms with Crippen molar-refractivity contribution in [3.63, 3.8) is 0 Å². The summed E-state index contributed by atoms with van der Waals surface area (Å²) in [4.78, 5) is 13.1. The predicted octanol–water partition coefficient (Wildman–Crippen LogP) is 2.30. The number of nitrogens with zero attached hydrogens (tertiary/aromatic N) is 1. The molecule has 0 radical (unpaired) electrons. The predicted molar refractivity (Wildman–Crippen MR) is 71.5 cm³/mol. The number of morpholine rings is 1. The van der Waals surface area contributed by atoms with E-state index in [9.17, 15) is 4.79 Å². The van der Waals surface area contributed by atoms with Gasteiger partial charge in [0.25, 0.3) is 0 Å². The lowest BCUT2D eigenvalue weighted by atomic mass is 10.1. The second-order valence-corrected chi connectivity index (χ2v) is 5.34. The maximum absolute atomic E-state index is 11.0. The van der Waals surface area contributed by atoms with Crippen molar-refractivity contribution in [3.05, 3.63) is 34.3 Å². The Bertz CT molecular complexity index is 438. The summed E-state index contributed by atoms with van der Waals surface area (Å²) in [5.74, 6) is -0.888. The number of hydrogen-bond acceptors (Lipinski definition) is 3. The molecule has 0 aromatic heterocycles. The topological polar surface area (TPSA) is 49.8 Å². The lowest BCUT2D eigenvalue weighted by molar-refractivity contribution is -0.157. The number of ether oxygens (including phenoxy) is 1. The Kier molecular flexibility index (Phi) is 4.37. The van der Waals surface area contributed by atoms with Crippen LogP contribution in [-0.4, -0.2) is 41.8 Å². The molecule has 18 heavy (non-hydrogen) atoms. The molecule has 1 aliphatic rings. The Morgan fingerprint density at radius 1 is 1.61 bits per heavy atom. The van der Waals surface area contributed by atoms with Gasteiger partial charge >= 0.3 is 5.97 Å². The van der Waals surface area contributed by atoms with Crippen LogP contribution in [0.1, 0.15) is 18.5 Å². The van der Waals surface area contributed by atoms with Crippen LogP contribution in [-0.2, 0) is 9.53 Å². The zero-order valence-corrected chi connectivity index (χ0v) is 11.8. The smallest absolute Gasteiger partial charge is 0.334 e. The number of benzene rings is 1. The van der Waals surface area contributed by atoms with Gasteiger partial charge in [0.05, 0.1) is 6.61 Å². The quantitative estimate of drug-likeness (QED) is 0.930. The van der Waals surface area contributed by atoms with Gasteiger partial charge in [-0.2, -0.15) is 0 Å². The van der Waals surface area contributed by atoms with Crippen LogP contribution in [0.25, 0.3) is 0 Å². The molecule has 98 valence electrons. The molecule has 4 nitrogen and oxygen atoms in total. The Morgan fingerprint density at radius 2 is 2.39 bits per heavy atom. The van der Waals surface area contributed by atoms with E-state index in [1.165, 1.54) is 5.56 Å². The highest BCUT2D eigenvalue weighted by molar-refractivity contribution is 9.10. The van der Waals surface area contributed by atoms with E-state index in [-0.39, 0.29) is 6.04 Å². The lowest BCUT2D eigenvalue weighted by Crippen LogP contribution is -2.46. The largest absolute Gasteiger partial charge is 0.479 e. The second kappa shape index (κ2) is 5.82. The van der Waals surface area contributed by atoms with Crippen LogP contribution in [0.4, 0.5) is 0 Å². The molecule has 1 aromatic rings. The van der Waals surface area contributed by atoms with Crippen molar-refractivity contribution in [1.82, 2.24) is 4.90 Å². The summed E-state index contributed by atoms with van der Waals surface area (Å²) in [6.45, 7) is 3.75. The summed E-state index contributed by atoms with van der Waals surface area (Å²) in [5, 5.41) is 8.99. The van der Waals surface area contributed by atoms with E-state index >= 15 is 0 Å². The van der Waals surface area contributed by atoms with Gasteiger partial charge in [0, 0.05) is 23.6 Å². The maximum Gasteiger partial charge on any atom is 0.334 e. The fraction of sp³-hybridized carbons (Fsp3) is 0.462. The molecule has 1 heterocycles. The molecule has 1 aliphatic heterocycles. The minimum atomic E-state index is -0.888. The maximum atomic E-state index is 11.0. The third-order valence-corrected chi connectivity index (χ3v) is 3.75. The normalized spacial score (nSPS) is 22.7. The van der Waals surface area contributed by atoms with Gasteiger partial charge in [0.15, 0.2) is 6.10 Å². The average Bonchev–Trinajstić information content (AvgIpc) is 2.38. The molecule has 1 aromatic carbocycles. The number of hydrogen-bond donors (Lipinski definition) is 1. The number of aliphatic carboxylic acids is 1. The summed E-state index contributed by atoms with van der Waals surface area (Å²) >= 11 is 3.45. The van der Waals surface area contributed by atoms with Gasteiger partial charge in [-0.25, -0.2) is 4.79 Å². The molecule has 2 atom stereocenters. The zero-order valence-electron chi connectivity index (χ0n) is 10.2. The number of rotatable bonds is 3. The fourth-order valence-corrected chi connectivity index (χ4v) is 2.56. The molecule has 1 N–H and O–H groups in total. The van der Waals surface area contributed by atoms with Crippen LogP contribution in [0.5, 0.6) is 0 Å². The third-order valence-electron chi connectivity index (χ3n) is 3.25. The van der Waals surface area contributed by atoms with Crippen LogP contribution in [0.15, 0.2) is 28.7 Å². The van der Waals surface area contributed by atoms with Crippen LogP contribution in [0.3, 0.4) is 0 Å². The van der Waals surface area contributed by atoms with Crippen molar-refractivity contribution in [2.24, 2.45) is 0 Å². The molecule has 0 spiro atoms. The molecule has 5 heteroatoms. The van der Waals surface area contributed by atoms with Crippen molar-refractivity contribution in [3.8, 4) is 0 Å². The molecule has 1 fully saturated rings. The number of carbonyl (C=O) groups is 1. The van der Waals surface area contributed by atoms with Crippen molar-refractivity contribution in [1.29, 1.82) is 0 Å². The van der Waals surface area contributed by atoms with E-state index in [2.05, 4.69) is 39.9 Å². The van der Waals surface area contributed by atoms with Crippen LogP contribution in [0.2, 0.25) is 0 Å².